The van der Waals surface area contributed by atoms with Crippen molar-refractivity contribution >= 4 is 0 Å². The van der Waals surface area contributed by atoms with E-state index >= 15 is 0 Å². The van der Waals surface area contributed by atoms with Gasteiger partial charge in [-0.15, -0.1) is 0 Å². The Kier molecular flexibility index (Phi) is 9.21. The molecule has 25 heavy (non-hydrogen) atoms. The summed E-state index contributed by atoms with van der Waals surface area (Å²) in [4.78, 5) is 0. The molecule has 0 N–H and O–H groups in total. The highest BCUT2D eigenvalue weighted by atomic mass is 19.3. The van der Waals surface area contributed by atoms with Crippen LogP contribution in [0.25, 0.3) is 0 Å². The molecule has 1 aliphatic rings. The zero-order valence-electron chi connectivity index (χ0n) is 15.7. The molecule has 1 saturated carbocycles. The van der Waals surface area contributed by atoms with Crippen LogP contribution in [-0.2, 0) is 6.42 Å². The Hall–Kier alpha value is -1.18. The maximum absolute atomic E-state index is 12.2. The van der Waals surface area contributed by atoms with Gasteiger partial charge in [-0.25, -0.2) is 8.78 Å². The van der Waals surface area contributed by atoms with Crippen LogP contribution < -0.4 is 0 Å². The number of alkyl halides is 2. The van der Waals surface area contributed by atoms with E-state index in [0.717, 1.165) is 12.8 Å². The Labute approximate surface area is 152 Å². The van der Waals surface area contributed by atoms with Crippen molar-refractivity contribution in [3.8, 4) is 0 Å². The van der Waals surface area contributed by atoms with Gasteiger partial charge in [0.15, 0.2) is 0 Å². The van der Waals surface area contributed by atoms with E-state index in [2.05, 4.69) is 31.2 Å². The molecule has 0 aromatic heterocycles. The molecule has 1 aromatic carbocycles. The molecule has 2 heteroatoms. The van der Waals surface area contributed by atoms with Crippen molar-refractivity contribution in [1.29, 1.82) is 0 Å². The smallest absolute Gasteiger partial charge is 0.210 e. The zero-order valence-corrected chi connectivity index (χ0v) is 15.7. The van der Waals surface area contributed by atoms with Gasteiger partial charge in [0.2, 0.25) is 6.43 Å². The van der Waals surface area contributed by atoms with E-state index in [-0.39, 0.29) is 6.42 Å². The highest BCUT2D eigenvalue weighted by molar-refractivity contribution is 5.26. The minimum absolute atomic E-state index is 0.0974. The van der Waals surface area contributed by atoms with Crippen LogP contribution in [-0.4, -0.2) is 6.43 Å². The van der Waals surface area contributed by atoms with Gasteiger partial charge in [0.25, 0.3) is 0 Å². The number of unbranched alkanes of at least 4 members (excludes halogenated alkanes) is 4. The third kappa shape index (κ3) is 7.71. The van der Waals surface area contributed by atoms with Gasteiger partial charge in [-0.05, 0) is 61.5 Å². The number of rotatable bonds is 10. The highest BCUT2D eigenvalue weighted by Crippen LogP contribution is 2.36. The molecule has 0 spiro atoms. The standard InChI is InChI=1S/C23H34F2/c1-2-3-4-5-6-8-19-11-15-21(16-12-19)22-17-13-20(14-18-22)9-7-10-23(24)25/h7,9,11-12,15-16,20,22-23H,2-6,8,10,13-14,17-18H2,1H3/b9-7+/t20-,22-. The summed E-state index contributed by atoms with van der Waals surface area (Å²) in [5.41, 5.74) is 2.92. The first-order valence-electron chi connectivity index (χ1n) is 10.2. The number of aryl methyl sites for hydroxylation is 1. The van der Waals surface area contributed by atoms with E-state index < -0.39 is 6.43 Å². The third-order valence-corrected chi connectivity index (χ3v) is 5.51. The predicted molar refractivity (Wildman–Crippen MR) is 103 cm³/mol. The number of benzene rings is 1. The Bertz CT molecular complexity index is 481. The van der Waals surface area contributed by atoms with Crippen LogP contribution in [0.1, 0.15) is 88.2 Å². The van der Waals surface area contributed by atoms with Crippen LogP contribution in [0.2, 0.25) is 0 Å². The summed E-state index contributed by atoms with van der Waals surface area (Å²) in [6, 6.07) is 9.26. The van der Waals surface area contributed by atoms with Crippen LogP contribution in [0.3, 0.4) is 0 Å². The quantitative estimate of drug-likeness (QED) is 0.300. The summed E-state index contributed by atoms with van der Waals surface area (Å²) in [5, 5.41) is 0. The van der Waals surface area contributed by atoms with Crippen molar-refractivity contribution in [2.75, 3.05) is 0 Å². The van der Waals surface area contributed by atoms with Crippen LogP contribution in [0.5, 0.6) is 0 Å². The molecule has 1 fully saturated rings. The van der Waals surface area contributed by atoms with E-state index in [9.17, 15) is 8.78 Å². The van der Waals surface area contributed by atoms with Gasteiger partial charge in [-0.3, -0.25) is 0 Å². The molecule has 0 atom stereocenters. The zero-order chi connectivity index (χ0) is 17.9. The fourth-order valence-electron chi connectivity index (χ4n) is 3.91. The van der Waals surface area contributed by atoms with Crippen molar-refractivity contribution < 1.29 is 8.78 Å². The van der Waals surface area contributed by atoms with E-state index in [4.69, 9.17) is 0 Å². The lowest BCUT2D eigenvalue weighted by atomic mass is 9.78. The molecular weight excluding hydrogens is 314 g/mol. The average molecular weight is 349 g/mol. The van der Waals surface area contributed by atoms with E-state index in [1.807, 2.05) is 6.08 Å². The van der Waals surface area contributed by atoms with E-state index in [1.165, 1.54) is 62.5 Å². The minimum Gasteiger partial charge on any atom is -0.210 e. The van der Waals surface area contributed by atoms with Crippen LogP contribution in [0, 0.1) is 5.92 Å². The summed E-state index contributed by atoms with van der Waals surface area (Å²) in [6.07, 6.45) is 13.9. The average Bonchev–Trinajstić information content (AvgIpc) is 2.62. The number of allylic oxidation sites excluding steroid dienone is 2. The molecule has 1 aliphatic carbocycles. The molecule has 0 aliphatic heterocycles. The van der Waals surface area contributed by atoms with Crippen molar-refractivity contribution in [2.45, 2.75) is 89.9 Å². The molecule has 0 saturated heterocycles. The second kappa shape index (κ2) is 11.4. The molecule has 1 aromatic rings. The fourth-order valence-corrected chi connectivity index (χ4v) is 3.91. The Morgan fingerprint density at radius 3 is 2.28 bits per heavy atom. The van der Waals surface area contributed by atoms with Crippen molar-refractivity contribution in [3.63, 3.8) is 0 Å². The molecule has 0 amide bonds. The van der Waals surface area contributed by atoms with E-state index in [1.54, 1.807) is 6.08 Å². The number of hydrogen-bond acceptors (Lipinski definition) is 0. The lowest BCUT2D eigenvalue weighted by Crippen LogP contribution is -2.11. The van der Waals surface area contributed by atoms with Gasteiger partial charge in [-0.2, -0.15) is 0 Å². The second-order valence-electron chi connectivity index (χ2n) is 7.57. The molecule has 0 unspecified atom stereocenters. The Balaban J connectivity index is 1.71. The third-order valence-electron chi connectivity index (χ3n) is 5.51. The molecule has 140 valence electrons. The maximum Gasteiger partial charge on any atom is 0.242 e. The summed E-state index contributed by atoms with van der Waals surface area (Å²) >= 11 is 0. The largest absolute Gasteiger partial charge is 0.242 e. The molecule has 0 heterocycles. The lowest BCUT2D eigenvalue weighted by Gasteiger charge is -2.27. The van der Waals surface area contributed by atoms with Crippen molar-refractivity contribution in [2.24, 2.45) is 5.92 Å². The van der Waals surface area contributed by atoms with Crippen LogP contribution in [0.15, 0.2) is 36.4 Å². The maximum atomic E-state index is 12.2. The van der Waals surface area contributed by atoms with Gasteiger partial charge in [0, 0.05) is 6.42 Å². The highest BCUT2D eigenvalue weighted by Gasteiger charge is 2.20. The summed E-state index contributed by atoms with van der Waals surface area (Å²) in [7, 11) is 0. The molecule has 0 radical (unpaired) electrons. The lowest BCUT2D eigenvalue weighted by molar-refractivity contribution is 0.152. The number of halogens is 2. The summed E-state index contributed by atoms with van der Waals surface area (Å²) in [5.74, 6) is 1.15. The first kappa shape index (κ1) is 20.1. The van der Waals surface area contributed by atoms with E-state index in [0.29, 0.717) is 11.8 Å². The summed E-state index contributed by atoms with van der Waals surface area (Å²) < 4.78 is 24.4. The van der Waals surface area contributed by atoms with Gasteiger partial charge in [0.1, 0.15) is 0 Å². The van der Waals surface area contributed by atoms with Crippen LogP contribution in [0.4, 0.5) is 8.78 Å². The number of hydrogen-bond donors (Lipinski definition) is 0. The SMILES string of the molecule is CCCCCCCc1ccc([C@H]2CC[C@H](/C=C/CC(F)F)CC2)cc1. The van der Waals surface area contributed by atoms with Crippen LogP contribution >= 0.6 is 0 Å². The van der Waals surface area contributed by atoms with Crippen molar-refractivity contribution in [3.05, 3.63) is 47.5 Å². The summed E-state index contributed by atoms with van der Waals surface area (Å²) in [6.45, 7) is 2.26. The molecular formula is C23H34F2. The monoisotopic (exact) mass is 348 g/mol. The first-order valence-corrected chi connectivity index (χ1v) is 10.2. The Morgan fingerprint density at radius 1 is 0.960 bits per heavy atom. The first-order chi connectivity index (χ1) is 12.2. The van der Waals surface area contributed by atoms with Gasteiger partial charge < -0.3 is 0 Å². The molecule has 2 rings (SSSR count). The predicted octanol–water partition coefficient (Wildman–Crippen LogP) is 7.68. The van der Waals surface area contributed by atoms with Gasteiger partial charge in [0.05, 0.1) is 0 Å². The van der Waals surface area contributed by atoms with Gasteiger partial charge >= 0.3 is 0 Å². The molecule has 0 bridgehead atoms. The molecule has 0 nitrogen and oxygen atoms in total. The second-order valence-corrected chi connectivity index (χ2v) is 7.57. The Morgan fingerprint density at radius 2 is 1.64 bits per heavy atom. The topological polar surface area (TPSA) is 0 Å². The van der Waals surface area contributed by atoms with Crippen molar-refractivity contribution in [1.82, 2.24) is 0 Å². The fraction of sp³-hybridized carbons (Fsp3) is 0.652. The normalized spacial score (nSPS) is 21.3. The minimum atomic E-state index is -2.21. The van der Waals surface area contributed by atoms with Gasteiger partial charge in [-0.1, -0.05) is 69.0 Å².